The largest absolute Gasteiger partial charge is 0.354 e. The van der Waals surface area contributed by atoms with Crippen LogP contribution in [0.4, 0.5) is 5.69 Å². The van der Waals surface area contributed by atoms with Gasteiger partial charge in [-0.2, -0.15) is 0 Å². The van der Waals surface area contributed by atoms with E-state index in [1.165, 1.54) is 26.9 Å². The van der Waals surface area contributed by atoms with Crippen molar-refractivity contribution in [1.29, 1.82) is 0 Å². The molecule has 0 aromatic heterocycles. The van der Waals surface area contributed by atoms with E-state index in [1.54, 1.807) is 11.8 Å². The molecule has 2 nitrogen and oxygen atoms in total. The Kier molecular flexibility index (Phi) is 3.35. The quantitative estimate of drug-likeness (QED) is 0.662. The Hall–Kier alpha value is -2.26. The van der Waals surface area contributed by atoms with Gasteiger partial charge in [-0.3, -0.25) is 4.99 Å². The summed E-state index contributed by atoms with van der Waals surface area (Å²) in [7, 11) is 0. The van der Waals surface area contributed by atoms with Gasteiger partial charge in [-0.1, -0.05) is 60.3 Å². The number of hydrogen-bond acceptors (Lipinski definition) is 3. The van der Waals surface area contributed by atoms with Crippen molar-refractivity contribution in [2.75, 3.05) is 5.32 Å². The first-order valence-corrected chi connectivity index (χ1v) is 8.23. The van der Waals surface area contributed by atoms with Gasteiger partial charge in [0, 0.05) is 10.6 Å². The maximum atomic E-state index is 4.84. The van der Waals surface area contributed by atoms with E-state index < -0.39 is 0 Å². The number of aliphatic imine (C=N–C) groups is 1. The minimum atomic E-state index is 0.0591. The topological polar surface area (TPSA) is 24.4 Å². The summed E-state index contributed by atoms with van der Waals surface area (Å²) in [5.41, 5.74) is 3.47. The van der Waals surface area contributed by atoms with Crippen molar-refractivity contribution in [1.82, 2.24) is 0 Å². The van der Waals surface area contributed by atoms with Crippen LogP contribution in [0.5, 0.6) is 0 Å². The SMILES string of the molecule is C/C(=N\C1Nc2ccccc2S1)c1ccc2ccccc2c1. The Balaban J connectivity index is 1.62. The van der Waals surface area contributed by atoms with Crippen molar-refractivity contribution in [3.05, 3.63) is 72.3 Å². The van der Waals surface area contributed by atoms with Crippen molar-refractivity contribution >= 4 is 33.9 Å². The molecule has 1 atom stereocenters. The zero-order chi connectivity index (χ0) is 14.9. The highest BCUT2D eigenvalue weighted by atomic mass is 32.2. The third-order valence-corrected chi connectivity index (χ3v) is 4.94. The Morgan fingerprint density at radius 2 is 1.73 bits per heavy atom. The first-order valence-electron chi connectivity index (χ1n) is 7.35. The molecule has 1 aliphatic heterocycles. The average molecular weight is 304 g/mol. The highest BCUT2D eigenvalue weighted by Gasteiger charge is 2.19. The second-order valence-electron chi connectivity index (χ2n) is 5.39. The van der Waals surface area contributed by atoms with Crippen LogP contribution in [0.2, 0.25) is 0 Å². The highest BCUT2D eigenvalue weighted by Crippen LogP contribution is 2.38. The van der Waals surface area contributed by atoms with E-state index in [1.807, 2.05) is 0 Å². The third kappa shape index (κ3) is 2.48. The van der Waals surface area contributed by atoms with Gasteiger partial charge < -0.3 is 5.32 Å². The molecule has 0 aliphatic carbocycles. The molecule has 1 N–H and O–H groups in total. The number of rotatable bonds is 2. The molecular weight excluding hydrogens is 288 g/mol. The van der Waals surface area contributed by atoms with E-state index in [4.69, 9.17) is 4.99 Å². The number of nitrogens with zero attached hydrogens (tertiary/aromatic N) is 1. The van der Waals surface area contributed by atoms with E-state index >= 15 is 0 Å². The van der Waals surface area contributed by atoms with Crippen LogP contribution >= 0.6 is 11.8 Å². The Morgan fingerprint density at radius 3 is 2.59 bits per heavy atom. The number of nitrogens with one attached hydrogen (secondary N) is 1. The molecule has 22 heavy (non-hydrogen) atoms. The molecule has 0 saturated heterocycles. The molecule has 3 aromatic rings. The van der Waals surface area contributed by atoms with Crippen LogP contribution in [0.1, 0.15) is 12.5 Å². The van der Waals surface area contributed by atoms with Crippen LogP contribution < -0.4 is 5.32 Å². The molecule has 0 spiro atoms. The zero-order valence-corrected chi connectivity index (χ0v) is 13.1. The summed E-state index contributed by atoms with van der Waals surface area (Å²) >= 11 is 1.76. The van der Waals surface area contributed by atoms with Crippen LogP contribution in [0.25, 0.3) is 10.8 Å². The van der Waals surface area contributed by atoms with Gasteiger partial charge in [-0.15, -0.1) is 0 Å². The van der Waals surface area contributed by atoms with Crippen LogP contribution in [0.15, 0.2) is 76.6 Å². The molecular formula is C19H16N2S. The zero-order valence-electron chi connectivity index (χ0n) is 12.3. The molecule has 4 rings (SSSR count). The molecule has 0 radical (unpaired) electrons. The molecule has 0 amide bonds. The molecule has 0 bridgehead atoms. The Labute approximate surface area is 134 Å². The molecule has 0 saturated carbocycles. The van der Waals surface area contributed by atoms with Crippen LogP contribution in [-0.2, 0) is 0 Å². The summed E-state index contributed by atoms with van der Waals surface area (Å²) in [6, 6.07) is 23.3. The molecule has 3 heteroatoms. The van der Waals surface area contributed by atoms with Crippen molar-refractivity contribution in [2.45, 2.75) is 17.3 Å². The summed E-state index contributed by atoms with van der Waals surface area (Å²) in [6.45, 7) is 2.08. The summed E-state index contributed by atoms with van der Waals surface area (Å²) in [4.78, 5) is 6.10. The first kappa shape index (κ1) is 13.4. The molecule has 1 heterocycles. The van der Waals surface area contributed by atoms with Crippen molar-refractivity contribution in [3.8, 4) is 0 Å². The smallest absolute Gasteiger partial charge is 0.171 e. The fourth-order valence-electron chi connectivity index (χ4n) is 2.69. The van der Waals surface area contributed by atoms with E-state index in [9.17, 15) is 0 Å². The van der Waals surface area contributed by atoms with E-state index in [0.717, 1.165) is 5.71 Å². The van der Waals surface area contributed by atoms with Gasteiger partial charge in [0.05, 0.1) is 5.69 Å². The summed E-state index contributed by atoms with van der Waals surface area (Å²) in [5.74, 6) is 0. The van der Waals surface area contributed by atoms with E-state index in [2.05, 4.69) is 79.0 Å². The van der Waals surface area contributed by atoms with Gasteiger partial charge in [0.1, 0.15) is 0 Å². The molecule has 0 fully saturated rings. The van der Waals surface area contributed by atoms with Crippen LogP contribution in [-0.4, -0.2) is 11.2 Å². The second-order valence-corrected chi connectivity index (χ2v) is 6.51. The summed E-state index contributed by atoms with van der Waals surface area (Å²) in [6.07, 6.45) is 0. The number of anilines is 1. The Bertz CT molecular complexity index is 845. The summed E-state index contributed by atoms with van der Waals surface area (Å²) in [5, 5.41) is 5.97. The van der Waals surface area contributed by atoms with Crippen molar-refractivity contribution in [2.24, 2.45) is 4.99 Å². The highest BCUT2D eigenvalue weighted by molar-refractivity contribution is 8.00. The van der Waals surface area contributed by atoms with E-state index in [0.29, 0.717) is 0 Å². The lowest BCUT2D eigenvalue weighted by atomic mass is 10.0. The van der Waals surface area contributed by atoms with Gasteiger partial charge in [-0.25, -0.2) is 0 Å². The molecule has 1 aliphatic rings. The van der Waals surface area contributed by atoms with Crippen molar-refractivity contribution < 1.29 is 0 Å². The lowest BCUT2D eigenvalue weighted by Crippen LogP contribution is -2.10. The first-order chi connectivity index (χ1) is 10.8. The van der Waals surface area contributed by atoms with Crippen molar-refractivity contribution in [3.63, 3.8) is 0 Å². The van der Waals surface area contributed by atoms with E-state index in [-0.39, 0.29) is 5.50 Å². The van der Waals surface area contributed by atoms with Gasteiger partial charge in [0.2, 0.25) is 0 Å². The van der Waals surface area contributed by atoms with Crippen LogP contribution in [0.3, 0.4) is 0 Å². The maximum Gasteiger partial charge on any atom is 0.171 e. The molecule has 1 unspecified atom stereocenters. The second kappa shape index (κ2) is 5.50. The van der Waals surface area contributed by atoms with Gasteiger partial charge >= 0.3 is 0 Å². The number of benzene rings is 3. The fraction of sp³-hybridized carbons (Fsp3) is 0.105. The van der Waals surface area contributed by atoms with Gasteiger partial charge in [0.25, 0.3) is 0 Å². The molecule has 108 valence electrons. The standard InChI is InChI=1S/C19H16N2S/c1-13(15-11-10-14-6-2-3-7-16(14)12-15)20-19-21-17-8-4-5-9-18(17)22-19/h2-12,19,21H,1H3/b20-13+. The summed E-state index contributed by atoms with van der Waals surface area (Å²) < 4.78 is 0. The fourth-order valence-corrected chi connectivity index (χ4v) is 3.74. The predicted octanol–water partition coefficient (Wildman–Crippen LogP) is 5.15. The van der Waals surface area contributed by atoms with Gasteiger partial charge in [-0.05, 0) is 41.5 Å². The minimum absolute atomic E-state index is 0.0591. The maximum absolute atomic E-state index is 4.84. The monoisotopic (exact) mass is 304 g/mol. The molecule has 3 aromatic carbocycles. The lowest BCUT2D eigenvalue weighted by molar-refractivity contribution is 1.07. The van der Waals surface area contributed by atoms with Gasteiger partial charge in [0.15, 0.2) is 5.50 Å². The number of thioether (sulfide) groups is 1. The Morgan fingerprint density at radius 1 is 0.955 bits per heavy atom. The number of para-hydroxylation sites is 1. The number of hydrogen-bond donors (Lipinski definition) is 1. The number of fused-ring (bicyclic) bond motifs is 2. The average Bonchev–Trinajstić information content (AvgIpc) is 2.96. The lowest BCUT2D eigenvalue weighted by Gasteiger charge is -2.08. The normalized spacial score (nSPS) is 17.3. The minimum Gasteiger partial charge on any atom is -0.354 e. The third-order valence-electron chi connectivity index (χ3n) is 3.88. The van der Waals surface area contributed by atoms with Crippen LogP contribution in [0, 0.1) is 0 Å². The predicted molar refractivity (Wildman–Crippen MR) is 95.9 cm³/mol.